The Labute approximate surface area is 386 Å². The largest absolute Gasteiger partial charge is 0.513 e. The van der Waals surface area contributed by atoms with Crippen molar-refractivity contribution >= 4 is 36.2 Å². The van der Waals surface area contributed by atoms with Gasteiger partial charge in [-0.05, 0) is 95.1 Å². The molecule has 0 bridgehead atoms. The lowest BCUT2D eigenvalue weighted by Gasteiger charge is -2.22. The first-order valence-corrected chi connectivity index (χ1v) is 20.9. The summed E-state index contributed by atoms with van der Waals surface area (Å²) in [5.41, 5.74) is 3.53. The number of hydrogen-bond acceptors (Lipinski definition) is 18. The van der Waals surface area contributed by atoms with Crippen molar-refractivity contribution in [1.29, 1.82) is 0 Å². The molecule has 0 atom stereocenters. The highest BCUT2D eigenvalue weighted by atomic mass is 16.7. The fourth-order valence-electron chi connectivity index (χ4n) is 6.26. The van der Waals surface area contributed by atoms with E-state index in [1.807, 2.05) is 26.0 Å². The Hall–Kier alpha value is -7.38. The first-order valence-electron chi connectivity index (χ1n) is 20.9. The topological polar surface area (TPSA) is 213 Å². The van der Waals surface area contributed by atoms with Gasteiger partial charge in [0.05, 0.1) is 64.0 Å². The Morgan fingerprint density at radius 1 is 0.418 bits per heavy atom. The van der Waals surface area contributed by atoms with Gasteiger partial charge in [0.1, 0.15) is 49.4 Å². The number of rotatable bonds is 26. The van der Waals surface area contributed by atoms with Crippen molar-refractivity contribution in [2.45, 2.75) is 19.3 Å². The Bertz CT molecular complexity index is 2190. The Morgan fingerprint density at radius 3 is 1.07 bits per heavy atom. The quantitative estimate of drug-likeness (QED) is 0.0155. The summed E-state index contributed by atoms with van der Waals surface area (Å²) in [6, 6.07) is 22.3. The van der Waals surface area contributed by atoms with Crippen molar-refractivity contribution in [1.82, 2.24) is 0 Å². The second-order valence-corrected chi connectivity index (χ2v) is 14.5. The van der Waals surface area contributed by atoms with Crippen molar-refractivity contribution in [2.75, 3.05) is 79.3 Å². The third-order valence-electron chi connectivity index (χ3n) is 9.54. The molecular weight excluding hydrogens is 877 g/mol. The normalized spacial score (nSPS) is 11.8. The second kappa shape index (κ2) is 25.9. The molecule has 0 saturated carbocycles. The summed E-state index contributed by atoms with van der Waals surface area (Å²) in [4.78, 5) is 72.4. The highest BCUT2D eigenvalue weighted by molar-refractivity contribution is 5.93. The second-order valence-electron chi connectivity index (χ2n) is 14.5. The van der Waals surface area contributed by atoms with Crippen molar-refractivity contribution in [3.63, 3.8) is 0 Å². The standard InChI is InChI=1S/C49H50O18/c1-5-43(50)60-27-23-56-19-21-58-25-29-62-47(54)66-35-11-7-33(8-12-35)45(52)64-37-15-17-39-40-18-16-38(32-42(40)49(3,4)41(39)31-37)65-46(53)34-9-13-36(14-10-34)67-48(55)63-30-26-59-22-20-57-24-28-61-44(51)6-2/h5-18,31-32H,1-2,19-30H2,3-4H3. The Morgan fingerprint density at radius 2 is 0.731 bits per heavy atom. The maximum absolute atomic E-state index is 13.1. The molecule has 1 aliphatic carbocycles. The summed E-state index contributed by atoms with van der Waals surface area (Å²) in [5.74, 6) is -1.37. The zero-order valence-corrected chi connectivity index (χ0v) is 37.0. The van der Waals surface area contributed by atoms with Crippen LogP contribution in [0.4, 0.5) is 9.59 Å². The summed E-state index contributed by atoms with van der Waals surface area (Å²) in [5, 5.41) is 0. The zero-order chi connectivity index (χ0) is 48.0. The summed E-state index contributed by atoms with van der Waals surface area (Å²) in [6.45, 7) is 12.3. The molecule has 4 aromatic carbocycles. The van der Waals surface area contributed by atoms with Gasteiger partial charge in [0.25, 0.3) is 0 Å². The molecule has 0 N–H and O–H groups in total. The van der Waals surface area contributed by atoms with E-state index in [-0.39, 0.29) is 102 Å². The van der Waals surface area contributed by atoms with Gasteiger partial charge in [-0.25, -0.2) is 28.8 Å². The number of ether oxygens (including phenoxy) is 12. The summed E-state index contributed by atoms with van der Waals surface area (Å²) in [7, 11) is 0. The maximum atomic E-state index is 13.1. The van der Waals surface area contributed by atoms with Gasteiger partial charge in [-0.3, -0.25) is 0 Å². The molecule has 0 aliphatic heterocycles. The van der Waals surface area contributed by atoms with Gasteiger partial charge < -0.3 is 56.8 Å². The molecule has 0 heterocycles. The molecule has 0 radical (unpaired) electrons. The fourth-order valence-corrected chi connectivity index (χ4v) is 6.26. The summed E-state index contributed by atoms with van der Waals surface area (Å²) < 4.78 is 62.5. The maximum Gasteiger partial charge on any atom is 0.513 e. The molecule has 0 aromatic heterocycles. The van der Waals surface area contributed by atoms with Crippen LogP contribution in [0.5, 0.6) is 23.0 Å². The summed E-state index contributed by atoms with van der Waals surface area (Å²) in [6.07, 6.45) is 0.228. The van der Waals surface area contributed by atoms with E-state index in [4.69, 9.17) is 56.8 Å². The van der Waals surface area contributed by atoms with Crippen LogP contribution in [-0.4, -0.2) is 115 Å². The Kier molecular flexibility index (Phi) is 19.6. The molecule has 67 heavy (non-hydrogen) atoms. The summed E-state index contributed by atoms with van der Waals surface area (Å²) >= 11 is 0. The molecule has 0 amide bonds. The third-order valence-corrected chi connectivity index (χ3v) is 9.54. The molecule has 0 fully saturated rings. The van der Waals surface area contributed by atoms with Crippen LogP contribution in [0.3, 0.4) is 0 Å². The van der Waals surface area contributed by atoms with E-state index in [0.717, 1.165) is 34.4 Å². The van der Waals surface area contributed by atoms with Crippen LogP contribution in [0.25, 0.3) is 11.1 Å². The monoisotopic (exact) mass is 926 g/mol. The molecule has 5 rings (SSSR count). The zero-order valence-electron chi connectivity index (χ0n) is 37.0. The highest BCUT2D eigenvalue weighted by Gasteiger charge is 2.36. The van der Waals surface area contributed by atoms with Gasteiger partial charge in [-0.15, -0.1) is 0 Å². The fraction of sp³-hybridized carbons (Fsp3) is 0.306. The first-order chi connectivity index (χ1) is 32.4. The lowest BCUT2D eigenvalue weighted by Crippen LogP contribution is -2.17. The van der Waals surface area contributed by atoms with Crippen LogP contribution in [0.1, 0.15) is 45.7 Å². The van der Waals surface area contributed by atoms with Crippen LogP contribution < -0.4 is 18.9 Å². The molecular formula is C49H50O18. The van der Waals surface area contributed by atoms with Crippen LogP contribution in [0.15, 0.2) is 110 Å². The minimum atomic E-state index is -0.950. The van der Waals surface area contributed by atoms with E-state index in [9.17, 15) is 28.8 Å². The van der Waals surface area contributed by atoms with E-state index >= 15 is 0 Å². The molecule has 4 aromatic rings. The average Bonchev–Trinajstić information content (AvgIpc) is 3.54. The number of esters is 4. The first kappa shape index (κ1) is 50.6. The van der Waals surface area contributed by atoms with E-state index in [2.05, 4.69) is 13.2 Å². The van der Waals surface area contributed by atoms with Gasteiger partial charge in [0.15, 0.2) is 0 Å². The van der Waals surface area contributed by atoms with Crippen LogP contribution in [0, 0.1) is 0 Å². The van der Waals surface area contributed by atoms with E-state index in [0.29, 0.717) is 11.5 Å². The molecule has 1 aliphatic rings. The molecule has 18 nitrogen and oxygen atoms in total. The molecule has 0 spiro atoms. The van der Waals surface area contributed by atoms with Crippen molar-refractivity contribution in [2.24, 2.45) is 0 Å². The SMILES string of the molecule is C=CC(=O)OCCOCCOCCOC(=O)Oc1ccc(C(=O)Oc2ccc3c(c2)C(C)(C)c2cc(OC(=O)c4ccc(OC(=O)OCCOCCOCCOC(=O)C=C)cc4)ccc2-3)cc1. The lowest BCUT2D eigenvalue weighted by atomic mass is 9.82. The van der Waals surface area contributed by atoms with Gasteiger partial charge in [0.2, 0.25) is 0 Å². The predicted octanol–water partition coefficient (Wildman–Crippen LogP) is 6.99. The van der Waals surface area contributed by atoms with E-state index in [1.165, 1.54) is 48.5 Å². The number of hydrogen-bond donors (Lipinski definition) is 0. The molecule has 0 unspecified atom stereocenters. The highest BCUT2D eigenvalue weighted by Crippen LogP contribution is 2.50. The molecule has 354 valence electrons. The number of benzene rings is 4. The lowest BCUT2D eigenvalue weighted by molar-refractivity contribution is -0.140. The van der Waals surface area contributed by atoms with Crippen LogP contribution >= 0.6 is 0 Å². The van der Waals surface area contributed by atoms with E-state index in [1.54, 1.807) is 24.3 Å². The predicted molar refractivity (Wildman–Crippen MR) is 236 cm³/mol. The van der Waals surface area contributed by atoms with Crippen LogP contribution in [0.2, 0.25) is 0 Å². The van der Waals surface area contributed by atoms with Crippen LogP contribution in [-0.2, 0) is 52.9 Å². The number of carbonyl (C=O) groups excluding carboxylic acids is 6. The molecule has 18 heteroatoms. The van der Waals surface area contributed by atoms with Gasteiger partial charge in [-0.2, -0.15) is 0 Å². The average molecular weight is 927 g/mol. The van der Waals surface area contributed by atoms with Gasteiger partial charge in [-0.1, -0.05) is 39.1 Å². The Balaban J connectivity index is 1.02. The molecule has 0 saturated heterocycles. The minimum Gasteiger partial charge on any atom is -0.460 e. The smallest absolute Gasteiger partial charge is 0.460 e. The van der Waals surface area contributed by atoms with Crippen molar-refractivity contribution < 1.29 is 85.6 Å². The minimum absolute atomic E-state index is 0.0617. The van der Waals surface area contributed by atoms with Crippen molar-refractivity contribution in [3.8, 4) is 34.1 Å². The van der Waals surface area contributed by atoms with Gasteiger partial charge in [0, 0.05) is 17.6 Å². The van der Waals surface area contributed by atoms with E-state index < -0.39 is 41.6 Å². The van der Waals surface area contributed by atoms with Crippen molar-refractivity contribution in [3.05, 3.63) is 132 Å². The number of fused-ring (bicyclic) bond motifs is 3. The third kappa shape index (κ3) is 15.9. The number of carbonyl (C=O) groups is 6. The van der Waals surface area contributed by atoms with Gasteiger partial charge >= 0.3 is 36.2 Å².